The molecule has 2 aromatic rings. The van der Waals surface area contributed by atoms with Gasteiger partial charge >= 0.3 is 6.18 Å². The molecule has 0 aliphatic carbocycles. The van der Waals surface area contributed by atoms with Gasteiger partial charge in [0.25, 0.3) is 0 Å². The summed E-state index contributed by atoms with van der Waals surface area (Å²) >= 11 is 6.97. The molecular formula is C10H10ClF3N6S. The molecule has 0 amide bonds. The Morgan fingerprint density at radius 3 is 2.86 bits per heavy atom. The lowest BCUT2D eigenvalue weighted by Crippen LogP contribution is -2.50. The number of alkyl halides is 3. The van der Waals surface area contributed by atoms with Gasteiger partial charge < -0.3 is 0 Å². The molecule has 114 valence electrons. The van der Waals surface area contributed by atoms with Gasteiger partial charge in [-0.05, 0) is 24.6 Å². The zero-order valence-corrected chi connectivity index (χ0v) is 12.1. The van der Waals surface area contributed by atoms with E-state index < -0.39 is 11.7 Å². The van der Waals surface area contributed by atoms with E-state index in [0.29, 0.717) is 15.8 Å². The average Bonchev–Trinajstić information content (AvgIpc) is 3.09. The number of thiazole rings is 1. The first-order chi connectivity index (χ1) is 9.91. The largest absolute Gasteiger partial charge is 0.414 e. The number of halogens is 4. The van der Waals surface area contributed by atoms with Crippen molar-refractivity contribution in [2.75, 3.05) is 6.54 Å². The highest BCUT2D eigenvalue weighted by atomic mass is 35.5. The van der Waals surface area contributed by atoms with Crippen LogP contribution < -0.4 is 5.32 Å². The van der Waals surface area contributed by atoms with Gasteiger partial charge in [-0.3, -0.25) is 5.32 Å². The van der Waals surface area contributed by atoms with Gasteiger partial charge in [0, 0.05) is 0 Å². The van der Waals surface area contributed by atoms with E-state index >= 15 is 0 Å². The maximum Gasteiger partial charge on any atom is 0.414 e. The third kappa shape index (κ3) is 2.62. The van der Waals surface area contributed by atoms with E-state index in [1.807, 2.05) is 0 Å². The van der Waals surface area contributed by atoms with Crippen LogP contribution in [0.5, 0.6) is 0 Å². The summed E-state index contributed by atoms with van der Waals surface area (Å²) in [7, 11) is 0. The fraction of sp³-hybridized carbons (Fsp3) is 0.600. The molecule has 3 heterocycles. The summed E-state index contributed by atoms with van der Waals surface area (Å²) in [6.07, 6.45) is -2.68. The van der Waals surface area contributed by atoms with Crippen molar-refractivity contribution in [3.05, 3.63) is 21.4 Å². The first-order valence-corrected chi connectivity index (χ1v) is 7.30. The molecule has 1 atom stereocenters. The van der Waals surface area contributed by atoms with E-state index in [1.165, 1.54) is 17.5 Å². The lowest BCUT2D eigenvalue weighted by atomic mass is 9.96. The highest BCUT2D eigenvalue weighted by Gasteiger charge is 2.60. The summed E-state index contributed by atoms with van der Waals surface area (Å²) < 4.78 is 40.5. The summed E-state index contributed by atoms with van der Waals surface area (Å²) in [5.41, 5.74) is -2.20. The Hall–Kier alpha value is -1.26. The van der Waals surface area contributed by atoms with Crippen LogP contribution in [0, 0.1) is 0 Å². The van der Waals surface area contributed by atoms with Crippen LogP contribution in [0.3, 0.4) is 0 Å². The Morgan fingerprint density at radius 1 is 1.48 bits per heavy atom. The quantitative estimate of drug-likeness (QED) is 0.926. The molecule has 1 aliphatic heterocycles. The normalized spacial score (nSPS) is 22.9. The van der Waals surface area contributed by atoms with Crippen molar-refractivity contribution < 1.29 is 13.2 Å². The molecule has 1 N–H and O–H groups in total. The molecule has 3 rings (SSSR count). The first-order valence-electron chi connectivity index (χ1n) is 6.11. The Balaban J connectivity index is 1.86. The van der Waals surface area contributed by atoms with Crippen LogP contribution in [0.15, 0.2) is 6.20 Å². The summed E-state index contributed by atoms with van der Waals surface area (Å²) in [4.78, 5) is 5.10. The molecule has 11 heteroatoms. The standard InChI is InChI=1S/C10H10ClF3N6S/c11-6-4-15-7(21-6)5-20-18-8(17-19-20)9(10(12,13)14)2-1-3-16-9/h4,16H,1-3,5H2. The smallest absolute Gasteiger partial charge is 0.297 e. The third-order valence-electron chi connectivity index (χ3n) is 3.28. The van der Waals surface area contributed by atoms with E-state index in [9.17, 15) is 13.2 Å². The van der Waals surface area contributed by atoms with E-state index in [1.54, 1.807) is 0 Å². The lowest BCUT2D eigenvalue weighted by Gasteiger charge is -2.28. The number of hydrogen-bond donors (Lipinski definition) is 1. The molecule has 21 heavy (non-hydrogen) atoms. The minimum absolute atomic E-state index is 0.0920. The molecule has 0 spiro atoms. The molecule has 0 radical (unpaired) electrons. The zero-order valence-electron chi connectivity index (χ0n) is 10.6. The topological polar surface area (TPSA) is 68.5 Å². The minimum atomic E-state index is -4.47. The summed E-state index contributed by atoms with van der Waals surface area (Å²) in [5, 5.41) is 14.2. The van der Waals surface area contributed by atoms with Crippen LogP contribution >= 0.6 is 22.9 Å². The summed E-state index contributed by atoms with van der Waals surface area (Å²) in [6, 6.07) is 0. The molecule has 0 saturated carbocycles. The number of tetrazole rings is 1. The molecule has 6 nitrogen and oxygen atoms in total. The Morgan fingerprint density at radius 2 is 2.29 bits per heavy atom. The molecule has 2 aromatic heterocycles. The minimum Gasteiger partial charge on any atom is -0.297 e. The number of rotatable bonds is 3. The van der Waals surface area contributed by atoms with Crippen LogP contribution in [0.1, 0.15) is 23.7 Å². The van der Waals surface area contributed by atoms with Crippen LogP contribution in [0.4, 0.5) is 13.2 Å². The Labute approximate surface area is 126 Å². The number of hydrogen-bond acceptors (Lipinski definition) is 6. The van der Waals surface area contributed by atoms with E-state index in [2.05, 4.69) is 25.7 Å². The maximum absolute atomic E-state index is 13.3. The van der Waals surface area contributed by atoms with Crippen molar-refractivity contribution >= 4 is 22.9 Å². The maximum atomic E-state index is 13.3. The van der Waals surface area contributed by atoms with Crippen LogP contribution in [0.25, 0.3) is 0 Å². The van der Waals surface area contributed by atoms with Crippen molar-refractivity contribution in [2.24, 2.45) is 0 Å². The third-order valence-corrected chi connectivity index (χ3v) is 4.38. The number of nitrogens with one attached hydrogen (secondary N) is 1. The average molecular weight is 339 g/mol. The van der Waals surface area contributed by atoms with Gasteiger partial charge in [0.05, 0.1) is 6.20 Å². The van der Waals surface area contributed by atoms with Gasteiger partial charge in [0.2, 0.25) is 5.82 Å². The Kier molecular flexibility index (Phi) is 3.62. The number of nitrogens with zero attached hydrogens (tertiary/aromatic N) is 5. The first kappa shape index (κ1) is 14.7. The highest BCUT2D eigenvalue weighted by molar-refractivity contribution is 7.15. The highest BCUT2D eigenvalue weighted by Crippen LogP contribution is 2.43. The second kappa shape index (κ2) is 5.18. The van der Waals surface area contributed by atoms with E-state index in [0.717, 1.165) is 4.80 Å². The zero-order chi connectivity index (χ0) is 15.1. The number of aromatic nitrogens is 5. The van der Waals surface area contributed by atoms with Gasteiger partial charge in [0.15, 0.2) is 5.54 Å². The molecular weight excluding hydrogens is 329 g/mol. The summed E-state index contributed by atoms with van der Waals surface area (Å²) in [6.45, 7) is 0.411. The molecule has 1 saturated heterocycles. The van der Waals surface area contributed by atoms with Gasteiger partial charge in [-0.2, -0.15) is 18.0 Å². The van der Waals surface area contributed by atoms with Gasteiger partial charge in [-0.15, -0.1) is 21.5 Å². The Bertz CT molecular complexity index is 633. The van der Waals surface area contributed by atoms with Crippen molar-refractivity contribution in [3.63, 3.8) is 0 Å². The fourth-order valence-electron chi connectivity index (χ4n) is 2.27. The van der Waals surface area contributed by atoms with Crippen molar-refractivity contribution in [1.82, 2.24) is 30.5 Å². The van der Waals surface area contributed by atoms with Crippen molar-refractivity contribution in [2.45, 2.75) is 31.1 Å². The van der Waals surface area contributed by atoms with E-state index in [4.69, 9.17) is 11.6 Å². The van der Waals surface area contributed by atoms with Gasteiger partial charge in [-0.25, -0.2) is 4.98 Å². The molecule has 1 aliphatic rings. The van der Waals surface area contributed by atoms with Gasteiger partial charge in [-0.1, -0.05) is 11.6 Å². The van der Waals surface area contributed by atoms with Crippen molar-refractivity contribution in [3.8, 4) is 0 Å². The second-order valence-corrected chi connectivity index (χ2v) is 6.38. The van der Waals surface area contributed by atoms with E-state index in [-0.39, 0.29) is 25.3 Å². The monoisotopic (exact) mass is 338 g/mol. The fourth-order valence-corrected chi connectivity index (χ4v) is 3.20. The predicted molar refractivity (Wildman–Crippen MR) is 69.0 cm³/mol. The van der Waals surface area contributed by atoms with Gasteiger partial charge in [0.1, 0.15) is 15.9 Å². The lowest BCUT2D eigenvalue weighted by molar-refractivity contribution is -0.198. The van der Waals surface area contributed by atoms with Crippen molar-refractivity contribution in [1.29, 1.82) is 0 Å². The molecule has 1 unspecified atom stereocenters. The molecule has 0 aromatic carbocycles. The molecule has 0 bridgehead atoms. The second-order valence-electron chi connectivity index (χ2n) is 4.63. The van der Waals surface area contributed by atoms with Crippen LogP contribution in [-0.4, -0.2) is 37.9 Å². The summed E-state index contributed by atoms with van der Waals surface area (Å²) in [5.74, 6) is -0.352. The van der Waals surface area contributed by atoms with Crippen LogP contribution in [0.2, 0.25) is 4.34 Å². The van der Waals surface area contributed by atoms with Crippen LogP contribution in [-0.2, 0) is 12.1 Å². The molecule has 1 fully saturated rings. The predicted octanol–water partition coefficient (Wildman–Crippen LogP) is 1.97. The SMILES string of the molecule is FC(F)(F)C1(c2nnn(Cc3ncc(Cl)s3)n2)CCCN1.